The number of rotatable bonds is 6. The van der Waals surface area contributed by atoms with Crippen LogP contribution in [-0.2, 0) is 6.54 Å². The molecule has 0 aromatic carbocycles. The lowest BCUT2D eigenvalue weighted by molar-refractivity contribution is 0.616. The maximum Gasteiger partial charge on any atom is 0.191 e. The fourth-order valence-electron chi connectivity index (χ4n) is 1.67. The number of nitrogens with two attached hydrogens (primary N) is 1. The molecular weight excluding hydrogens is 262 g/mol. The van der Waals surface area contributed by atoms with Crippen molar-refractivity contribution in [1.82, 2.24) is 19.5 Å². The molecule has 2 aromatic rings. The second-order valence-electron chi connectivity index (χ2n) is 4.07. The fraction of sp³-hybridized carbons (Fsp3) is 0.364. The van der Waals surface area contributed by atoms with Crippen LogP contribution >= 0.6 is 11.8 Å². The quantitative estimate of drug-likeness (QED) is 0.316. The van der Waals surface area contributed by atoms with Crippen molar-refractivity contribution in [3.63, 3.8) is 0 Å². The molecule has 8 heteroatoms. The van der Waals surface area contributed by atoms with Crippen LogP contribution in [0.4, 0.5) is 11.6 Å². The molecule has 0 aliphatic carbocycles. The summed E-state index contributed by atoms with van der Waals surface area (Å²) in [6.07, 6.45) is 7.41. The Morgan fingerprint density at radius 2 is 2.21 bits per heavy atom. The summed E-state index contributed by atoms with van der Waals surface area (Å²) in [6.45, 7) is 2.89. The van der Waals surface area contributed by atoms with Crippen LogP contribution in [0.1, 0.15) is 6.92 Å². The summed E-state index contributed by atoms with van der Waals surface area (Å²) in [7, 11) is 0. The monoisotopic (exact) mass is 279 g/mol. The number of hydrogen-bond donors (Lipinski definition) is 3. The lowest BCUT2D eigenvalue weighted by Crippen LogP contribution is -2.22. The Bertz CT molecular complexity index is 492. The largest absolute Gasteiger partial charge is 0.366 e. The van der Waals surface area contributed by atoms with Crippen LogP contribution in [0.3, 0.4) is 0 Å². The molecule has 0 bridgehead atoms. The second kappa shape index (κ2) is 6.39. The van der Waals surface area contributed by atoms with E-state index in [0.29, 0.717) is 11.0 Å². The number of hydrogen-bond acceptors (Lipinski definition) is 7. The van der Waals surface area contributed by atoms with Crippen LogP contribution in [0.5, 0.6) is 0 Å². The van der Waals surface area contributed by atoms with Gasteiger partial charge in [0.2, 0.25) is 0 Å². The zero-order valence-electron chi connectivity index (χ0n) is 10.9. The molecule has 2 rings (SSSR count). The van der Waals surface area contributed by atoms with Crippen LogP contribution in [0.2, 0.25) is 0 Å². The maximum atomic E-state index is 5.39. The standard InChI is InChI=1S/C11H17N7S/c1-8(6-18-4-3-13-7-18)14-9-5-10(17-12)16-11(15-9)19-2/h3-5,7-8H,6,12H2,1-2H3,(H2,14,15,16,17). The molecule has 0 fully saturated rings. The third kappa shape index (κ3) is 3.83. The van der Waals surface area contributed by atoms with Gasteiger partial charge in [0.05, 0.1) is 6.33 Å². The molecule has 4 N–H and O–H groups in total. The molecule has 0 amide bonds. The molecule has 0 saturated carbocycles. The predicted molar refractivity (Wildman–Crippen MR) is 76.9 cm³/mol. The molecule has 2 heterocycles. The molecule has 0 saturated heterocycles. The van der Waals surface area contributed by atoms with Crippen LogP contribution in [0, 0.1) is 0 Å². The molecule has 1 atom stereocenters. The number of thioether (sulfide) groups is 1. The molecule has 0 radical (unpaired) electrons. The highest BCUT2D eigenvalue weighted by Gasteiger charge is 2.07. The van der Waals surface area contributed by atoms with Gasteiger partial charge in [-0.15, -0.1) is 0 Å². The molecule has 0 spiro atoms. The minimum Gasteiger partial charge on any atom is -0.366 e. The van der Waals surface area contributed by atoms with Crippen molar-refractivity contribution in [3.05, 3.63) is 24.8 Å². The Kier molecular flexibility index (Phi) is 4.58. The van der Waals surface area contributed by atoms with Crippen LogP contribution in [0.25, 0.3) is 0 Å². The molecular formula is C11H17N7S. The van der Waals surface area contributed by atoms with E-state index < -0.39 is 0 Å². The maximum absolute atomic E-state index is 5.39. The molecule has 19 heavy (non-hydrogen) atoms. The lowest BCUT2D eigenvalue weighted by atomic mass is 10.3. The van der Waals surface area contributed by atoms with Gasteiger partial charge < -0.3 is 15.3 Å². The zero-order valence-corrected chi connectivity index (χ0v) is 11.7. The van der Waals surface area contributed by atoms with E-state index in [1.54, 1.807) is 18.6 Å². The smallest absolute Gasteiger partial charge is 0.191 e. The Hall–Kier alpha value is -1.80. The van der Waals surface area contributed by atoms with Gasteiger partial charge in [0.25, 0.3) is 0 Å². The van der Waals surface area contributed by atoms with Crippen molar-refractivity contribution in [2.24, 2.45) is 5.84 Å². The summed E-state index contributed by atoms with van der Waals surface area (Å²) < 4.78 is 2.01. The number of anilines is 2. The summed E-state index contributed by atoms with van der Waals surface area (Å²) >= 11 is 1.47. The van der Waals surface area contributed by atoms with Crippen molar-refractivity contribution in [2.75, 3.05) is 17.0 Å². The third-order valence-electron chi connectivity index (χ3n) is 2.47. The summed E-state index contributed by atoms with van der Waals surface area (Å²) in [5, 5.41) is 3.99. The van der Waals surface area contributed by atoms with Gasteiger partial charge in [0.15, 0.2) is 5.16 Å². The Morgan fingerprint density at radius 1 is 1.42 bits per heavy atom. The normalized spacial score (nSPS) is 12.2. The van der Waals surface area contributed by atoms with Crippen molar-refractivity contribution < 1.29 is 0 Å². The van der Waals surface area contributed by atoms with E-state index in [9.17, 15) is 0 Å². The van der Waals surface area contributed by atoms with E-state index in [1.165, 1.54) is 11.8 Å². The number of aromatic nitrogens is 4. The average Bonchev–Trinajstić information content (AvgIpc) is 2.90. The predicted octanol–water partition coefficient (Wildman–Crippen LogP) is 1.18. The molecule has 1 unspecified atom stereocenters. The van der Waals surface area contributed by atoms with Gasteiger partial charge in [-0.25, -0.2) is 20.8 Å². The molecule has 0 aliphatic heterocycles. The number of nitrogen functional groups attached to an aromatic ring is 1. The van der Waals surface area contributed by atoms with Gasteiger partial charge in [-0.05, 0) is 13.2 Å². The second-order valence-corrected chi connectivity index (χ2v) is 4.85. The van der Waals surface area contributed by atoms with Gasteiger partial charge in [-0.2, -0.15) is 0 Å². The van der Waals surface area contributed by atoms with Crippen molar-refractivity contribution in [3.8, 4) is 0 Å². The fourth-order valence-corrected chi connectivity index (χ4v) is 2.05. The number of hydrazine groups is 1. The van der Waals surface area contributed by atoms with E-state index in [0.717, 1.165) is 12.4 Å². The van der Waals surface area contributed by atoms with Crippen LogP contribution in [-0.4, -0.2) is 31.8 Å². The molecule has 102 valence electrons. The topological polar surface area (TPSA) is 93.7 Å². The Morgan fingerprint density at radius 3 is 2.84 bits per heavy atom. The number of imidazole rings is 1. The molecule has 2 aromatic heterocycles. The van der Waals surface area contributed by atoms with Crippen LogP contribution < -0.4 is 16.6 Å². The minimum atomic E-state index is 0.212. The van der Waals surface area contributed by atoms with Crippen molar-refractivity contribution >= 4 is 23.4 Å². The summed E-state index contributed by atoms with van der Waals surface area (Å²) in [5.74, 6) is 6.74. The van der Waals surface area contributed by atoms with Gasteiger partial charge in [0.1, 0.15) is 11.6 Å². The lowest BCUT2D eigenvalue weighted by Gasteiger charge is -2.16. The van der Waals surface area contributed by atoms with Crippen molar-refractivity contribution in [1.29, 1.82) is 0 Å². The Balaban J connectivity index is 2.05. The van der Waals surface area contributed by atoms with Gasteiger partial charge in [0, 0.05) is 31.0 Å². The molecule has 0 aliphatic rings. The van der Waals surface area contributed by atoms with Gasteiger partial charge in [-0.3, -0.25) is 0 Å². The van der Waals surface area contributed by atoms with Crippen LogP contribution in [0.15, 0.2) is 29.9 Å². The highest BCUT2D eigenvalue weighted by molar-refractivity contribution is 7.98. The first-order valence-electron chi connectivity index (χ1n) is 5.83. The number of nitrogens with zero attached hydrogens (tertiary/aromatic N) is 4. The summed E-state index contributed by atoms with van der Waals surface area (Å²) in [6, 6.07) is 1.99. The van der Waals surface area contributed by atoms with E-state index in [1.807, 2.05) is 17.0 Å². The van der Waals surface area contributed by atoms with E-state index in [-0.39, 0.29) is 6.04 Å². The molecule has 7 nitrogen and oxygen atoms in total. The first-order chi connectivity index (χ1) is 9.21. The third-order valence-corrected chi connectivity index (χ3v) is 3.02. The van der Waals surface area contributed by atoms with Crippen molar-refractivity contribution in [2.45, 2.75) is 24.7 Å². The SMILES string of the molecule is CSc1nc(NN)cc(NC(C)Cn2ccnc2)n1. The number of nitrogens with one attached hydrogen (secondary N) is 2. The van der Waals surface area contributed by atoms with E-state index >= 15 is 0 Å². The van der Waals surface area contributed by atoms with Gasteiger partial charge in [-0.1, -0.05) is 11.8 Å². The summed E-state index contributed by atoms with van der Waals surface area (Å²) in [5.41, 5.74) is 2.54. The van der Waals surface area contributed by atoms with E-state index in [4.69, 9.17) is 5.84 Å². The highest BCUT2D eigenvalue weighted by atomic mass is 32.2. The highest BCUT2D eigenvalue weighted by Crippen LogP contribution is 2.17. The Labute approximate surface area is 116 Å². The summed E-state index contributed by atoms with van der Waals surface area (Å²) in [4.78, 5) is 12.6. The zero-order chi connectivity index (χ0) is 13.7. The van der Waals surface area contributed by atoms with E-state index in [2.05, 4.69) is 32.6 Å². The average molecular weight is 279 g/mol. The minimum absolute atomic E-state index is 0.212. The first kappa shape index (κ1) is 13.6. The van der Waals surface area contributed by atoms with Gasteiger partial charge >= 0.3 is 0 Å². The first-order valence-corrected chi connectivity index (χ1v) is 7.05.